The smallest absolute Gasteiger partial charge is 0.319 e. The Labute approximate surface area is 168 Å². The zero-order valence-corrected chi connectivity index (χ0v) is 17.4. The normalized spacial score (nSPS) is 10.7. The fourth-order valence-electron chi connectivity index (χ4n) is 3.29. The van der Waals surface area contributed by atoms with E-state index in [0.717, 1.165) is 22.4 Å². The molecule has 0 aliphatic heterocycles. The van der Waals surface area contributed by atoms with Crippen molar-refractivity contribution in [1.82, 2.24) is 9.88 Å². The lowest BCUT2D eigenvalue weighted by molar-refractivity contribution is 0.251. The number of carbonyl (C=O) groups is 1. The van der Waals surface area contributed by atoms with E-state index in [4.69, 9.17) is 0 Å². The first-order valence-corrected chi connectivity index (χ1v) is 9.73. The van der Waals surface area contributed by atoms with Gasteiger partial charge in [-0.15, -0.1) is 0 Å². The van der Waals surface area contributed by atoms with E-state index >= 15 is 0 Å². The van der Waals surface area contributed by atoms with E-state index in [0.29, 0.717) is 6.54 Å². The Bertz CT molecular complexity index is 939. The van der Waals surface area contributed by atoms with Crippen LogP contribution in [0.15, 0.2) is 59.2 Å². The maximum atomic E-state index is 12.2. The minimum Gasteiger partial charge on any atom is -0.345 e. The third-order valence-electron chi connectivity index (χ3n) is 4.64. The molecule has 2 aromatic carbocycles. The molecule has 0 bridgehead atoms. The minimum absolute atomic E-state index is 0.225. The van der Waals surface area contributed by atoms with E-state index in [1.807, 2.05) is 36.4 Å². The lowest BCUT2D eigenvalue weighted by Crippen LogP contribution is -2.29. The summed E-state index contributed by atoms with van der Waals surface area (Å²) in [6, 6.07) is 15.8. The quantitative estimate of drug-likeness (QED) is 0.553. The number of aryl methyl sites for hydroxylation is 3. The molecule has 5 heteroatoms. The molecule has 0 atom stereocenters. The van der Waals surface area contributed by atoms with E-state index in [2.05, 4.69) is 70.2 Å². The van der Waals surface area contributed by atoms with Crippen molar-refractivity contribution >= 4 is 27.6 Å². The highest BCUT2D eigenvalue weighted by molar-refractivity contribution is 9.10. The van der Waals surface area contributed by atoms with Crippen LogP contribution < -0.4 is 10.6 Å². The number of hydrogen-bond acceptors (Lipinski definition) is 1. The van der Waals surface area contributed by atoms with Crippen LogP contribution in [0.2, 0.25) is 0 Å². The number of amides is 2. The van der Waals surface area contributed by atoms with Crippen LogP contribution >= 0.6 is 15.9 Å². The van der Waals surface area contributed by atoms with Gasteiger partial charge in [0, 0.05) is 22.9 Å². The second-order valence-electron chi connectivity index (χ2n) is 6.79. The molecule has 2 amide bonds. The fraction of sp³-hybridized carbons (Fsp3) is 0.227. The molecule has 27 heavy (non-hydrogen) atoms. The Morgan fingerprint density at radius 3 is 2.44 bits per heavy atom. The maximum Gasteiger partial charge on any atom is 0.319 e. The van der Waals surface area contributed by atoms with Crippen LogP contribution in [0.5, 0.6) is 0 Å². The van der Waals surface area contributed by atoms with Gasteiger partial charge in [0.1, 0.15) is 0 Å². The Morgan fingerprint density at radius 1 is 1.04 bits per heavy atom. The molecular weight excluding hydrogens is 402 g/mol. The first-order chi connectivity index (χ1) is 12.9. The zero-order valence-electron chi connectivity index (χ0n) is 15.8. The van der Waals surface area contributed by atoms with Gasteiger partial charge in [-0.25, -0.2) is 4.79 Å². The molecular formula is C22H24BrN3O. The number of benzene rings is 2. The van der Waals surface area contributed by atoms with Crippen LogP contribution in [0.3, 0.4) is 0 Å². The van der Waals surface area contributed by atoms with Crippen LogP contribution in [-0.4, -0.2) is 10.6 Å². The summed E-state index contributed by atoms with van der Waals surface area (Å²) >= 11 is 3.44. The van der Waals surface area contributed by atoms with Crippen molar-refractivity contribution in [2.45, 2.75) is 33.9 Å². The highest BCUT2D eigenvalue weighted by Crippen LogP contribution is 2.21. The van der Waals surface area contributed by atoms with Gasteiger partial charge in [-0.2, -0.15) is 0 Å². The number of urea groups is 1. The predicted octanol–water partition coefficient (Wildman–Crippen LogP) is 5.55. The number of rotatable bonds is 5. The number of carbonyl (C=O) groups excluding carboxylic acids is 1. The standard InChI is InChI=1S/C22H24BrN3O/c1-15-11-16(2)19(17(3)12-15)14-26-10-6-7-18(26)13-24-22(27)25-21-9-5-4-8-20(21)23/h4-12H,13-14H2,1-3H3,(H2,24,25,27). The molecule has 0 saturated heterocycles. The second kappa shape index (κ2) is 8.44. The van der Waals surface area contributed by atoms with Crippen molar-refractivity contribution in [3.8, 4) is 0 Å². The Morgan fingerprint density at radius 2 is 1.74 bits per heavy atom. The monoisotopic (exact) mass is 425 g/mol. The van der Waals surface area contributed by atoms with Crippen LogP contribution in [-0.2, 0) is 13.1 Å². The van der Waals surface area contributed by atoms with Gasteiger partial charge in [-0.05, 0) is 77.7 Å². The van der Waals surface area contributed by atoms with E-state index in [1.54, 1.807) is 0 Å². The predicted molar refractivity (Wildman–Crippen MR) is 114 cm³/mol. The maximum absolute atomic E-state index is 12.2. The van der Waals surface area contributed by atoms with E-state index in [9.17, 15) is 4.79 Å². The van der Waals surface area contributed by atoms with E-state index in [1.165, 1.54) is 22.3 Å². The molecule has 0 aliphatic carbocycles. The van der Waals surface area contributed by atoms with Gasteiger partial charge >= 0.3 is 6.03 Å². The fourth-order valence-corrected chi connectivity index (χ4v) is 3.68. The van der Waals surface area contributed by atoms with Crippen LogP contribution in [0, 0.1) is 20.8 Å². The number of aromatic nitrogens is 1. The van der Waals surface area contributed by atoms with Crippen molar-refractivity contribution in [2.75, 3.05) is 5.32 Å². The Hall–Kier alpha value is -2.53. The van der Waals surface area contributed by atoms with Gasteiger partial charge < -0.3 is 15.2 Å². The number of anilines is 1. The summed E-state index contributed by atoms with van der Waals surface area (Å²) in [5.41, 5.74) is 7.02. The number of hydrogen-bond donors (Lipinski definition) is 2. The molecule has 1 heterocycles. The highest BCUT2D eigenvalue weighted by Gasteiger charge is 2.09. The van der Waals surface area contributed by atoms with E-state index < -0.39 is 0 Å². The summed E-state index contributed by atoms with van der Waals surface area (Å²) < 4.78 is 3.04. The van der Waals surface area contributed by atoms with Gasteiger partial charge in [0.05, 0.1) is 12.2 Å². The lowest BCUT2D eigenvalue weighted by Gasteiger charge is -2.15. The zero-order chi connectivity index (χ0) is 19.4. The van der Waals surface area contributed by atoms with Gasteiger partial charge in [0.2, 0.25) is 0 Å². The summed E-state index contributed by atoms with van der Waals surface area (Å²) in [4.78, 5) is 12.2. The molecule has 0 unspecified atom stereocenters. The Kier molecular flexibility index (Phi) is 6.01. The molecule has 1 aromatic heterocycles. The number of nitrogens with one attached hydrogen (secondary N) is 2. The molecule has 4 nitrogen and oxygen atoms in total. The van der Waals surface area contributed by atoms with Crippen molar-refractivity contribution < 1.29 is 4.79 Å². The molecule has 0 fully saturated rings. The molecule has 2 N–H and O–H groups in total. The summed E-state index contributed by atoms with van der Waals surface area (Å²) in [5, 5.41) is 5.79. The van der Waals surface area contributed by atoms with Crippen LogP contribution in [0.4, 0.5) is 10.5 Å². The molecule has 3 rings (SSSR count). The molecule has 0 aliphatic rings. The third-order valence-corrected chi connectivity index (χ3v) is 5.34. The minimum atomic E-state index is -0.225. The molecule has 0 saturated carbocycles. The molecule has 140 valence electrons. The number of nitrogens with zero attached hydrogens (tertiary/aromatic N) is 1. The number of para-hydroxylation sites is 1. The SMILES string of the molecule is Cc1cc(C)c(Cn2cccc2CNC(=O)Nc2ccccc2Br)c(C)c1. The third kappa shape index (κ3) is 4.80. The molecule has 3 aromatic rings. The lowest BCUT2D eigenvalue weighted by atomic mass is 10.00. The number of halogens is 1. The van der Waals surface area contributed by atoms with Crippen LogP contribution in [0.25, 0.3) is 0 Å². The van der Waals surface area contributed by atoms with Gasteiger partial charge in [-0.3, -0.25) is 0 Å². The van der Waals surface area contributed by atoms with Gasteiger partial charge in [-0.1, -0.05) is 29.8 Å². The summed E-state index contributed by atoms with van der Waals surface area (Å²) in [5.74, 6) is 0. The second-order valence-corrected chi connectivity index (χ2v) is 7.65. The van der Waals surface area contributed by atoms with Crippen molar-refractivity contribution in [2.24, 2.45) is 0 Å². The van der Waals surface area contributed by atoms with Gasteiger partial charge in [0.25, 0.3) is 0 Å². The van der Waals surface area contributed by atoms with Crippen molar-refractivity contribution in [1.29, 1.82) is 0 Å². The average molecular weight is 426 g/mol. The topological polar surface area (TPSA) is 46.1 Å². The average Bonchev–Trinajstić information content (AvgIpc) is 3.05. The van der Waals surface area contributed by atoms with Gasteiger partial charge in [0.15, 0.2) is 0 Å². The summed E-state index contributed by atoms with van der Waals surface area (Å²) in [6.45, 7) is 7.70. The van der Waals surface area contributed by atoms with Crippen LogP contribution in [0.1, 0.15) is 27.9 Å². The first kappa shape index (κ1) is 19.2. The van der Waals surface area contributed by atoms with Crippen molar-refractivity contribution in [3.63, 3.8) is 0 Å². The van der Waals surface area contributed by atoms with Crippen molar-refractivity contribution in [3.05, 3.63) is 87.1 Å². The highest BCUT2D eigenvalue weighted by atomic mass is 79.9. The largest absolute Gasteiger partial charge is 0.345 e. The molecule has 0 spiro atoms. The molecule has 0 radical (unpaired) electrons. The summed E-state index contributed by atoms with van der Waals surface area (Å²) in [7, 11) is 0. The summed E-state index contributed by atoms with van der Waals surface area (Å²) in [6.07, 6.45) is 2.06. The Balaban J connectivity index is 1.66. The van der Waals surface area contributed by atoms with E-state index in [-0.39, 0.29) is 6.03 Å². The first-order valence-electron chi connectivity index (χ1n) is 8.94.